The number of rotatable bonds is 5. The van der Waals surface area contributed by atoms with Crippen molar-refractivity contribution >= 4 is 38.6 Å². The topological polar surface area (TPSA) is 71.1 Å². The highest BCUT2D eigenvalue weighted by molar-refractivity contribution is 7.94. The number of pyridine rings is 1. The van der Waals surface area contributed by atoms with Gasteiger partial charge in [-0.2, -0.15) is 0 Å². The Labute approximate surface area is 151 Å². The molecule has 2 heterocycles. The van der Waals surface area contributed by atoms with Crippen molar-refractivity contribution in [2.24, 2.45) is 0 Å². The fourth-order valence-electron chi connectivity index (χ4n) is 2.38. The zero-order chi connectivity index (χ0) is 18.0. The maximum atomic E-state index is 12.3. The third kappa shape index (κ3) is 4.18. The predicted molar refractivity (Wildman–Crippen MR) is 103 cm³/mol. The van der Waals surface area contributed by atoms with Gasteiger partial charge in [0.1, 0.15) is 10.0 Å². The molecule has 3 aromatic rings. The van der Waals surface area contributed by atoms with E-state index in [4.69, 9.17) is 0 Å². The molecule has 0 saturated carbocycles. The second-order valence-electron chi connectivity index (χ2n) is 5.85. The van der Waals surface area contributed by atoms with E-state index >= 15 is 0 Å². The molecule has 0 unspecified atom stereocenters. The Morgan fingerprint density at radius 3 is 2.40 bits per heavy atom. The number of anilines is 3. The van der Waals surface area contributed by atoms with Gasteiger partial charge in [-0.15, -0.1) is 11.3 Å². The number of nitrogens with zero attached hydrogens (tertiary/aromatic N) is 1. The molecule has 0 aliphatic heterocycles. The van der Waals surface area contributed by atoms with Gasteiger partial charge in [0.25, 0.3) is 10.0 Å². The SMILES string of the molecule is Cc1ccc(Nc2ccc(NS(=O)(=O)c3ccc(C)s3)cn2)c(C)c1. The average Bonchev–Trinajstić information content (AvgIpc) is 2.99. The first-order chi connectivity index (χ1) is 11.8. The van der Waals surface area contributed by atoms with Gasteiger partial charge >= 0.3 is 0 Å². The lowest BCUT2D eigenvalue weighted by Crippen LogP contribution is -2.11. The van der Waals surface area contributed by atoms with Gasteiger partial charge in [0, 0.05) is 10.6 Å². The van der Waals surface area contributed by atoms with E-state index in [0.29, 0.717) is 15.7 Å². The monoisotopic (exact) mass is 373 g/mol. The Morgan fingerprint density at radius 1 is 1.00 bits per heavy atom. The minimum Gasteiger partial charge on any atom is -0.340 e. The van der Waals surface area contributed by atoms with Crippen LogP contribution in [0.25, 0.3) is 0 Å². The van der Waals surface area contributed by atoms with Crippen LogP contribution in [0.15, 0.2) is 52.9 Å². The van der Waals surface area contributed by atoms with Crippen LogP contribution in [0.5, 0.6) is 0 Å². The summed E-state index contributed by atoms with van der Waals surface area (Å²) < 4.78 is 27.5. The quantitative estimate of drug-likeness (QED) is 0.685. The molecule has 0 bridgehead atoms. The van der Waals surface area contributed by atoms with Gasteiger partial charge in [-0.3, -0.25) is 4.72 Å². The molecule has 2 N–H and O–H groups in total. The molecule has 0 aliphatic rings. The standard InChI is InChI=1S/C18H19N3O2S2/c1-12-4-7-16(13(2)10-12)20-17-8-6-15(11-19-17)21-25(22,23)18-9-5-14(3)24-18/h4-11,21H,1-3H3,(H,19,20). The van der Waals surface area contributed by atoms with Crippen molar-refractivity contribution < 1.29 is 8.42 Å². The summed E-state index contributed by atoms with van der Waals surface area (Å²) in [7, 11) is -3.57. The summed E-state index contributed by atoms with van der Waals surface area (Å²) in [6, 6.07) is 12.9. The van der Waals surface area contributed by atoms with E-state index in [1.165, 1.54) is 23.1 Å². The van der Waals surface area contributed by atoms with E-state index in [0.717, 1.165) is 16.1 Å². The van der Waals surface area contributed by atoms with E-state index in [1.807, 2.05) is 32.9 Å². The third-order valence-electron chi connectivity index (χ3n) is 3.64. The fourth-order valence-corrected chi connectivity index (χ4v) is 4.71. The first-order valence-corrected chi connectivity index (χ1v) is 10.0. The summed E-state index contributed by atoms with van der Waals surface area (Å²) in [6.45, 7) is 5.95. The Hall–Kier alpha value is -2.38. The number of benzene rings is 1. The van der Waals surface area contributed by atoms with Crippen molar-refractivity contribution in [2.75, 3.05) is 10.0 Å². The van der Waals surface area contributed by atoms with E-state index < -0.39 is 10.0 Å². The normalized spacial score (nSPS) is 11.3. The molecule has 1 aromatic carbocycles. The van der Waals surface area contributed by atoms with Crippen LogP contribution < -0.4 is 10.0 Å². The third-order valence-corrected chi connectivity index (χ3v) is 6.51. The molecule has 0 radical (unpaired) electrons. The number of aryl methyl sites for hydroxylation is 3. The Bertz CT molecular complexity index is 993. The molecule has 5 nitrogen and oxygen atoms in total. The smallest absolute Gasteiger partial charge is 0.271 e. The lowest BCUT2D eigenvalue weighted by atomic mass is 10.1. The van der Waals surface area contributed by atoms with Crippen LogP contribution in [-0.2, 0) is 10.0 Å². The molecule has 7 heteroatoms. The van der Waals surface area contributed by atoms with E-state index in [-0.39, 0.29) is 0 Å². The van der Waals surface area contributed by atoms with Crippen molar-refractivity contribution in [3.63, 3.8) is 0 Å². The summed E-state index contributed by atoms with van der Waals surface area (Å²) in [6.07, 6.45) is 1.50. The minimum absolute atomic E-state index is 0.294. The van der Waals surface area contributed by atoms with Crippen molar-refractivity contribution in [3.8, 4) is 0 Å². The fraction of sp³-hybridized carbons (Fsp3) is 0.167. The van der Waals surface area contributed by atoms with Gasteiger partial charge in [0.05, 0.1) is 11.9 Å². The first-order valence-electron chi connectivity index (χ1n) is 7.73. The molecule has 3 rings (SSSR count). The van der Waals surface area contributed by atoms with Gasteiger partial charge in [-0.05, 0) is 56.7 Å². The first kappa shape index (κ1) is 17.4. The highest BCUT2D eigenvalue weighted by atomic mass is 32.2. The zero-order valence-corrected chi connectivity index (χ0v) is 15.8. The number of hydrogen-bond acceptors (Lipinski definition) is 5. The summed E-state index contributed by atoms with van der Waals surface area (Å²) in [4.78, 5) is 5.24. The molecule has 2 aromatic heterocycles. The molecule has 25 heavy (non-hydrogen) atoms. The summed E-state index contributed by atoms with van der Waals surface area (Å²) in [5, 5.41) is 3.24. The Kier molecular flexibility index (Phi) is 4.78. The van der Waals surface area contributed by atoms with Gasteiger partial charge in [0.2, 0.25) is 0 Å². The summed E-state index contributed by atoms with van der Waals surface area (Å²) in [5.41, 5.74) is 3.72. The van der Waals surface area contributed by atoms with E-state index in [2.05, 4.69) is 21.1 Å². The Balaban J connectivity index is 1.74. The molecule has 0 atom stereocenters. The number of nitrogens with one attached hydrogen (secondary N) is 2. The average molecular weight is 374 g/mol. The van der Waals surface area contributed by atoms with Gasteiger partial charge in [0.15, 0.2) is 0 Å². The molecule has 0 fully saturated rings. The van der Waals surface area contributed by atoms with Crippen molar-refractivity contribution in [2.45, 2.75) is 25.0 Å². The highest BCUT2D eigenvalue weighted by Crippen LogP contribution is 2.24. The van der Waals surface area contributed by atoms with Crippen LogP contribution in [0, 0.1) is 20.8 Å². The highest BCUT2D eigenvalue weighted by Gasteiger charge is 2.16. The lowest BCUT2D eigenvalue weighted by molar-refractivity contribution is 0.603. The molecule has 0 saturated heterocycles. The van der Waals surface area contributed by atoms with Crippen molar-refractivity contribution in [1.82, 2.24) is 4.98 Å². The second-order valence-corrected chi connectivity index (χ2v) is 9.04. The van der Waals surface area contributed by atoms with Crippen LogP contribution in [0.2, 0.25) is 0 Å². The number of sulfonamides is 1. The molecular weight excluding hydrogens is 354 g/mol. The molecule has 0 spiro atoms. The van der Waals surface area contributed by atoms with Crippen molar-refractivity contribution in [1.29, 1.82) is 0 Å². The number of aromatic nitrogens is 1. The van der Waals surface area contributed by atoms with E-state index in [9.17, 15) is 8.42 Å². The Morgan fingerprint density at radius 2 is 1.80 bits per heavy atom. The van der Waals surface area contributed by atoms with Gasteiger partial charge < -0.3 is 5.32 Å². The van der Waals surface area contributed by atoms with Crippen LogP contribution in [-0.4, -0.2) is 13.4 Å². The maximum absolute atomic E-state index is 12.3. The van der Waals surface area contributed by atoms with Crippen LogP contribution in [0.1, 0.15) is 16.0 Å². The minimum atomic E-state index is -3.57. The zero-order valence-electron chi connectivity index (χ0n) is 14.2. The van der Waals surface area contributed by atoms with Crippen LogP contribution in [0.3, 0.4) is 0 Å². The molecule has 0 amide bonds. The largest absolute Gasteiger partial charge is 0.340 e. The lowest BCUT2D eigenvalue weighted by Gasteiger charge is -2.11. The van der Waals surface area contributed by atoms with Crippen molar-refractivity contribution in [3.05, 3.63) is 64.7 Å². The summed E-state index contributed by atoms with van der Waals surface area (Å²) in [5.74, 6) is 0.655. The van der Waals surface area contributed by atoms with Crippen LogP contribution >= 0.6 is 11.3 Å². The number of hydrogen-bond donors (Lipinski definition) is 2. The second kappa shape index (κ2) is 6.85. The maximum Gasteiger partial charge on any atom is 0.271 e. The molecule has 0 aliphatic carbocycles. The summed E-state index contributed by atoms with van der Waals surface area (Å²) >= 11 is 1.24. The van der Waals surface area contributed by atoms with Crippen LogP contribution in [0.4, 0.5) is 17.2 Å². The molecule has 130 valence electrons. The van der Waals surface area contributed by atoms with E-state index in [1.54, 1.807) is 24.3 Å². The van der Waals surface area contributed by atoms with Gasteiger partial charge in [-0.1, -0.05) is 17.7 Å². The number of thiophene rings is 1. The van der Waals surface area contributed by atoms with Gasteiger partial charge in [-0.25, -0.2) is 13.4 Å². The molecular formula is C18H19N3O2S2. The predicted octanol–water partition coefficient (Wildman–Crippen LogP) is 4.61.